The highest BCUT2D eigenvalue weighted by Gasteiger charge is 2.11. The zero-order valence-corrected chi connectivity index (χ0v) is 10.4. The van der Waals surface area contributed by atoms with Crippen molar-refractivity contribution >= 4 is 0 Å². The number of nitrogens with zero attached hydrogens (tertiary/aromatic N) is 1. The lowest BCUT2D eigenvalue weighted by atomic mass is 9.88. The molecule has 0 unspecified atom stereocenters. The number of rotatable bonds is 2. The van der Waals surface area contributed by atoms with Crippen molar-refractivity contribution < 1.29 is 5.11 Å². The molecule has 1 aliphatic carbocycles. The summed E-state index contributed by atoms with van der Waals surface area (Å²) in [7, 11) is 0. The smallest absolute Gasteiger partial charge is 0.0702 e. The molecule has 92 valence electrons. The van der Waals surface area contributed by atoms with Crippen molar-refractivity contribution in [2.45, 2.75) is 32.3 Å². The maximum absolute atomic E-state index is 9.38. The van der Waals surface area contributed by atoms with Crippen molar-refractivity contribution in [1.29, 1.82) is 0 Å². The number of aryl methyl sites for hydroxylation is 2. The number of aliphatic hydroxyl groups is 1. The van der Waals surface area contributed by atoms with Gasteiger partial charge in [0.1, 0.15) is 0 Å². The Bertz CT molecular complexity index is 563. The molecule has 0 aliphatic heterocycles. The van der Waals surface area contributed by atoms with Gasteiger partial charge in [-0.3, -0.25) is 4.98 Å². The van der Waals surface area contributed by atoms with E-state index in [2.05, 4.69) is 23.2 Å². The maximum Gasteiger partial charge on any atom is 0.0702 e. The van der Waals surface area contributed by atoms with Crippen LogP contribution in [0, 0.1) is 0 Å². The molecule has 1 heterocycles. The Balaban J connectivity index is 2.06. The largest absolute Gasteiger partial charge is 0.392 e. The molecule has 0 bridgehead atoms. The van der Waals surface area contributed by atoms with Crippen LogP contribution in [0.3, 0.4) is 0 Å². The van der Waals surface area contributed by atoms with E-state index in [-0.39, 0.29) is 6.61 Å². The van der Waals surface area contributed by atoms with Crippen molar-refractivity contribution in [1.82, 2.24) is 4.98 Å². The van der Waals surface area contributed by atoms with Crippen LogP contribution in [0.15, 0.2) is 36.7 Å². The lowest BCUT2D eigenvalue weighted by molar-refractivity contribution is 0.282. The Kier molecular flexibility index (Phi) is 3.11. The molecule has 0 saturated heterocycles. The van der Waals surface area contributed by atoms with E-state index < -0.39 is 0 Å². The first-order chi connectivity index (χ1) is 8.88. The summed E-state index contributed by atoms with van der Waals surface area (Å²) in [5.74, 6) is 0. The third-order valence-electron chi connectivity index (χ3n) is 3.73. The molecule has 0 atom stereocenters. The van der Waals surface area contributed by atoms with E-state index in [9.17, 15) is 5.11 Å². The third kappa shape index (κ3) is 2.04. The molecule has 3 rings (SSSR count). The molecule has 0 spiro atoms. The molecular formula is C16H17NO. The van der Waals surface area contributed by atoms with E-state index in [4.69, 9.17) is 0 Å². The molecule has 2 nitrogen and oxygen atoms in total. The van der Waals surface area contributed by atoms with Crippen molar-refractivity contribution in [3.63, 3.8) is 0 Å². The number of benzene rings is 1. The van der Waals surface area contributed by atoms with Gasteiger partial charge in [-0.05, 0) is 54.0 Å². The first kappa shape index (κ1) is 11.4. The molecule has 18 heavy (non-hydrogen) atoms. The van der Waals surface area contributed by atoms with Gasteiger partial charge in [-0.15, -0.1) is 0 Å². The minimum atomic E-state index is 0.0419. The Morgan fingerprint density at radius 2 is 1.89 bits per heavy atom. The zero-order chi connectivity index (χ0) is 12.4. The van der Waals surface area contributed by atoms with Crippen LogP contribution in [0.25, 0.3) is 11.1 Å². The number of fused-ring (bicyclic) bond motifs is 1. The predicted molar refractivity (Wildman–Crippen MR) is 72.2 cm³/mol. The van der Waals surface area contributed by atoms with Crippen LogP contribution >= 0.6 is 0 Å². The van der Waals surface area contributed by atoms with Crippen LogP contribution in [-0.2, 0) is 19.4 Å². The molecule has 2 aromatic rings. The van der Waals surface area contributed by atoms with Crippen LogP contribution in [-0.4, -0.2) is 10.1 Å². The van der Waals surface area contributed by atoms with Crippen molar-refractivity contribution in [3.05, 3.63) is 53.3 Å². The van der Waals surface area contributed by atoms with Gasteiger partial charge in [-0.2, -0.15) is 0 Å². The average Bonchev–Trinajstić information content (AvgIpc) is 2.46. The van der Waals surface area contributed by atoms with E-state index >= 15 is 0 Å². The van der Waals surface area contributed by atoms with E-state index in [0.29, 0.717) is 0 Å². The highest BCUT2D eigenvalue weighted by molar-refractivity contribution is 5.68. The van der Waals surface area contributed by atoms with Crippen LogP contribution < -0.4 is 0 Å². The fourth-order valence-electron chi connectivity index (χ4n) is 2.74. The van der Waals surface area contributed by atoms with E-state index in [1.165, 1.54) is 42.4 Å². The van der Waals surface area contributed by atoms with Gasteiger partial charge in [0.25, 0.3) is 0 Å². The first-order valence-electron chi connectivity index (χ1n) is 6.54. The Labute approximate surface area is 107 Å². The zero-order valence-electron chi connectivity index (χ0n) is 10.4. The van der Waals surface area contributed by atoms with Crippen molar-refractivity contribution in [2.75, 3.05) is 0 Å². The summed E-state index contributed by atoms with van der Waals surface area (Å²) >= 11 is 0. The monoisotopic (exact) mass is 239 g/mol. The highest BCUT2D eigenvalue weighted by atomic mass is 16.3. The summed E-state index contributed by atoms with van der Waals surface area (Å²) in [5, 5.41) is 9.38. The minimum Gasteiger partial charge on any atom is -0.392 e. The van der Waals surface area contributed by atoms with Gasteiger partial charge in [0.15, 0.2) is 0 Å². The number of hydrogen-bond donors (Lipinski definition) is 1. The predicted octanol–water partition coefficient (Wildman–Crippen LogP) is 3.12. The quantitative estimate of drug-likeness (QED) is 0.873. The summed E-state index contributed by atoms with van der Waals surface area (Å²) in [6.07, 6.45) is 8.52. The number of aromatic nitrogens is 1. The molecule has 2 heteroatoms. The second-order valence-corrected chi connectivity index (χ2v) is 4.88. The highest BCUT2D eigenvalue weighted by Crippen LogP contribution is 2.29. The fourth-order valence-corrected chi connectivity index (χ4v) is 2.74. The van der Waals surface area contributed by atoms with Gasteiger partial charge in [-0.1, -0.05) is 18.2 Å². The molecule has 0 saturated carbocycles. The molecule has 0 radical (unpaired) electrons. The SMILES string of the molecule is OCc1cnccc1-c1ccc2c(c1)CCCC2. The molecule has 1 N–H and O–H groups in total. The Morgan fingerprint density at radius 1 is 1.06 bits per heavy atom. The number of aliphatic hydroxyl groups excluding tert-OH is 1. The van der Waals surface area contributed by atoms with Crippen LogP contribution in [0.5, 0.6) is 0 Å². The first-order valence-corrected chi connectivity index (χ1v) is 6.54. The Morgan fingerprint density at radius 3 is 2.72 bits per heavy atom. The van der Waals surface area contributed by atoms with Crippen LogP contribution in [0.4, 0.5) is 0 Å². The van der Waals surface area contributed by atoms with Crippen molar-refractivity contribution in [3.8, 4) is 11.1 Å². The summed E-state index contributed by atoms with van der Waals surface area (Å²) < 4.78 is 0. The summed E-state index contributed by atoms with van der Waals surface area (Å²) in [6, 6.07) is 8.67. The van der Waals surface area contributed by atoms with E-state index in [1.807, 2.05) is 6.07 Å². The maximum atomic E-state index is 9.38. The Hall–Kier alpha value is -1.67. The van der Waals surface area contributed by atoms with Gasteiger partial charge in [-0.25, -0.2) is 0 Å². The minimum absolute atomic E-state index is 0.0419. The van der Waals surface area contributed by atoms with Crippen molar-refractivity contribution in [2.24, 2.45) is 0 Å². The van der Waals surface area contributed by atoms with Crippen LogP contribution in [0.1, 0.15) is 29.5 Å². The van der Waals surface area contributed by atoms with E-state index in [0.717, 1.165) is 11.1 Å². The number of pyridine rings is 1. The summed E-state index contributed by atoms with van der Waals surface area (Å²) in [4.78, 5) is 4.07. The van der Waals surface area contributed by atoms with Gasteiger partial charge >= 0.3 is 0 Å². The van der Waals surface area contributed by atoms with Gasteiger partial charge < -0.3 is 5.11 Å². The average molecular weight is 239 g/mol. The molecular weight excluding hydrogens is 222 g/mol. The summed E-state index contributed by atoms with van der Waals surface area (Å²) in [6.45, 7) is 0.0419. The molecule has 1 aromatic carbocycles. The van der Waals surface area contributed by atoms with Gasteiger partial charge in [0, 0.05) is 18.0 Å². The van der Waals surface area contributed by atoms with E-state index in [1.54, 1.807) is 12.4 Å². The topological polar surface area (TPSA) is 33.1 Å². The fraction of sp³-hybridized carbons (Fsp3) is 0.312. The molecule has 0 amide bonds. The third-order valence-corrected chi connectivity index (χ3v) is 3.73. The molecule has 1 aliphatic rings. The number of hydrogen-bond acceptors (Lipinski definition) is 2. The molecule has 0 fully saturated rings. The van der Waals surface area contributed by atoms with Gasteiger partial charge in [0.2, 0.25) is 0 Å². The second kappa shape index (κ2) is 4.91. The lowest BCUT2D eigenvalue weighted by Crippen LogP contribution is -2.02. The van der Waals surface area contributed by atoms with Crippen LogP contribution in [0.2, 0.25) is 0 Å². The summed E-state index contributed by atoms with van der Waals surface area (Å²) in [5.41, 5.74) is 6.15. The lowest BCUT2D eigenvalue weighted by Gasteiger charge is -2.17. The molecule has 1 aromatic heterocycles. The standard InChI is InChI=1S/C16H17NO/c18-11-15-10-17-8-7-16(15)14-6-5-12-3-1-2-4-13(12)9-14/h5-10,18H,1-4,11H2. The van der Waals surface area contributed by atoms with Gasteiger partial charge in [0.05, 0.1) is 6.61 Å². The normalized spacial score (nSPS) is 14.3. The second-order valence-electron chi connectivity index (χ2n) is 4.88.